The Kier molecular flexibility index (Phi) is 17.3. The quantitative estimate of drug-likeness (QED) is 0.334. The summed E-state index contributed by atoms with van der Waals surface area (Å²) in [5.41, 5.74) is -0.457. The minimum absolute atomic E-state index is 0. The third kappa shape index (κ3) is 16.1. The fourth-order valence-corrected chi connectivity index (χ4v) is 2.33. The van der Waals surface area contributed by atoms with Crippen LogP contribution in [-0.4, -0.2) is 47.7 Å². The number of carbonyl (C=O) groups is 2. The molecule has 2 aromatic heterocycles. The molecule has 0 bridgehead atoms. The molecule has 11 heteroatoms. The molecule has 0 saturated carbocycles. The molecule has 1 N–H and O–H groups in total. The zero-order valence-corrected chi connectivity index (χ0v) is 20.0. The SMILES string of the molecule is CC(C)(C)OC(=O)n1ccnc1.O=C(O)n1ccnc1.[CH2-]SSCCC.[Sm]. The van der Waals surface area contributed by atoms with Crippen LogP contribution in [0.4, 0.5) is 9.59 Å². The van der Waals surface area contributed by atoms with Crippen molar-refractivity contribution >= 4 is 33.8 Å². The van der Waals surface area contributed by atoms with Gasteiger partial charge < -0.3 is 9.84 Å². The van der Waals surface area contributed by atoms with E-state index in [1.807, 2.05) is 31.6 Å². The molecule has 0 aromatic carbocycles. The van der Waals surface area contributed by atoms with Crippen molar-refractivity contribution in [2.24, 2.45) is 0 Å². The molecule has 0 radical (unpaired) electrons. The first-order valence-electron chi connectivity index (χ1n) is 7.67. The predicted octanol–water partition coefficient (Wildman–Crippen LogP) is 4.64. The second-order valence-corrected chi connectivity index (χ2v) is 7.94. The van der Waals surface area contributed by atoms with Gasteiger partial charge in [-0.1, -0.05) is 6.92 Å². The topological polar surface area (TPSA) is 99.2 Å². The number of rotatable bonds is 3. The van der Waals surface area contributed by atoms with Gasteiger partial charge in [-0.15, -0.1) is 10.8 Å². The molecule has 0 spiro atoms. The summed E-state index contributed by atoms with van der Waals surface area (Å²) < 4.78 is 7.34. The van der Waals surface area contributed by atoms with Crippen LogP contribution in [0.1, 0.15) is 34.1 Å². The van der Waals surface area contributed by atoms with E-state index in [1.165, 1.54) is 48.0 Å². The van der Waals surface area contributed by atoms with E-state index in [0.29, 0.717) is 0 Å². The van der Waals surface area contributed by atoms with Crippen LogP contribution in [0.2, 0.25) is 0 Å². The molecule has 0 aliphatic rings. The molecule has 0 fully saturated rings. The summed E-state index contributed by atoms with van der Waals surface area (Å²) in [5.74, 6) is 1.23. The van der Waals surface area contributed by atoms with Crippen molar-refractivity contribution in [1.82, 2.24) is 19.1 Å². The summed E-state index contributed by atoms with van der Waals surface area (Å²) in [6, 6.07) is 0. The largest absolute Gasteiger partial charge is 0.464 e. The summed E-state index contributed by atoms with van der Waals surface area (Å²) in [4.78, 5) is 28.5. The van der Waals surface area contributed by atoms with Gasteiger partial charge in [-0.3, -0.25) is 17.0 Å². The van der Waals surface area contributed by atoms with Crippen LogP contribution in [0.5, 0.6) is 0 Å². The van der Waals surface area contributed by atoms with Crippen molar-refractivity contribution in [2.45, 2.75) is 39.7 Å². The van der Waals surface area contributed by atoms with Crippen LogP contribution >= 0.6 is 21.6 Å². The number of nitrogens with zero attached hydrogens (tertiary/aromatic N) is 4. The molecule has 0 atom stereocenters. The van der Waals surface area contributed by atoms with Gasteiger partial charge in [-0.25, -0.2) is 28.7 Å². The third-order valence-electron chi connectivity index (χ3n) is 2.20. The predicted molar refractivity (Wildman–Crippen MR) is 105 cm³/mol. The number of carboxylic acid groups (broad SMARTS) is 1. The fourth-order valence-electron chi connectivity index (χ4n) is 1.20. The number of ether oxygens (including phenoxy) is 1. The van der Waals surface area contributed by atoms with Gasteiger partial charge >= 0.3 is 12.2 Å². The summed E-state index contributed by atoms with van der Waals surface area (Å²) in [6.45, 7) is 7.63. The van der Waals surface area contributed by atoms with Gasteiger partial charge in [0.05, 0.1) is 0 Å². The van der Waals surface area contributed by atoms with Gasteiger partial charge in [-0.05, 0) is 27.2 Å². The molecule has 2 heterocycles. The van der Waals surface area contributed by atoms with E-state index in [-0.39, 0.29) is 40.4 Å². The van der Waals surface area contributed by atoms with Crippen molar-refractivity contribution in [2.75, 3.05) is 5.75 Å². The first-order chi connectivity index (χ1) is 12.2. The fraction of sp³-hybridized carbons (Fsp3) is 0.438. The van der Waals surface area contributed by atoms with Gasteiger partial charge in [0.2, 0.25) is 0 Å². The molecule has 0 aliphatic carbocycles. The van der Waals surface area contributed by atoms with Gasteiger partial charge in [0.1, 0.15) is 18.3 Å². The average molecular weight is 552 g/mol. The second-order valence-electron chi connectivity index (χ2n) is 5.64. The van der Waals surface area contributed by atoms with Crippen LogP contribution in [0, 0.1) is 46.6 Å². The molecule has 152 valence electrons. The molecular weight excluding hydrogens is 527 g/mol. The molecule has 27 heavy (non-hydrogen) atoms. The number of aromatic nitrogens is 4. The van der Waals surface area contributed by atoms with Crippen molar-refractivity contribution in [1.29, 1.82) is 0 Å². The molecule has 0 aliphatic heterocycles. The monoisotopic (exact) mass is 553 g/mol. The second kappa shape index (κ2) is 16.4. The molecule has 0 saturated heterocycles. The molecule has 0 amide bonds. The zero-order chi connectivity index (χ0) is 20.0. The summed E-state index contributed by atoms with van der Waals surface area (Å²) >= 11 is 0. The Hall–Kier alpha value is -0.602. The maximum atomic E-state index is 11.2. The minimum atomic E-state index is -1.01. The summed E-state index contributed by atoms with van der Waals surface area (Å²) in [5, 5.41) is 8.20. The van der Waals surface area contributed by atoms with E-state index in [2.05, 4.69) is 23.1 Å². The Labute approximate surface area is 200 Å². The maximum Gasteiger partial charge on any atom is 0.419 e. The Morgan fingerprint density at radius 1 is 1.15 bits per heavy atom. The zero-order valence-electron chi connectivity index (χ0n) is 15.8. The maximum absolute atomic E-state index is 11.2. The van der Waals surface area contributed by atoms with E-state index in [9.17, 15) is 9.59 Å². The van der Waals surface area contributed by atoms with Gasteiger partial charge in [0, 0.05) is 70.9 Å². The van der Waals surface area contributed by atoms with Crippen LogP contribution in [0.15, 0.2) is 37.4 Å². The van der Waals surface area contributed by atoms with Crippen molar-refractivity contribution in [3.05, 3.63) is 43.7 Å². The Bertz CT molecular complexity index is 613. The van der Waals surface area contributed by atoms with E-state index >= 15 is 0 Å². The number of carbonyl (C=O) groups excluding carboxylic acids is 1. The smallest absolute Gasteiger partial charge is 0.419 e. The minimum Gasteiger partial charge on any atom is -0.464 e. The molecule has 8 nitrogen and oxygen atoms in total. The van der Waals surface area contributed by atoms with Crippen LogP contribution in [0.25, 0.3) is 0 Å². The van der Waals surface area contributed by atoms with Crippen molar-refractivity contribution in [3.8, 4) is 0 Å². The van der Waals surface area contributed by atoms with Crippen molar-refractivity contribution < 1.29 is 59.8 Å². The molecular formula is C16H25N4O4S2Sm-. The Morgan fingerprint density at radius 3 is 1.93 bits per heavy atom. The van der Waals surface area contributed by atoms with E-state index < -0.39 is 17.8 Å². The number of hydrogen-bond donors (Lipinski definition) is 1. The third-order valence-corrected chi connectivity index (χ3v) is 3.95. The van der Waals surface area contributed by atoms with Gasteiger partial charge in [0.15, 0.2) is 0 Å². The van der Waals surface area contributed by atoms with Crippen LogP contribution < -0.4 is 0 Å². The Morgan fingerprint density at radius 2 is 1.67 bits per heavy atom. The number of imidazole rings is 2. The summed E-state index contributed by atoms with van der Waals surface area (Å²) in [7, 11) is 3.41. The first-order valence-corrected chi connectivity index (χ1v) is 10.2. The van der Waals surface area contributed by atoms with Gasteiger partial charge in [0.25, 0.3) is 0 Å². The summed E-state index contributed by atoms with van der Waals surface area (Å²) in [6.07, 6.45) is 11.9. The van der Waals surface area contributed by atoms with Crippen LogP contribution in [-0.2, 0) is 4.74 Å². The molecule has 2 rings (SSSR count). The van der Waals surface area contributed by atoms with Crippen LogP contribution in [0.3, 0.4) is 0 Å². The molecule has 0 unspecified atom stereocenters. The van der Waals surface area contributed by atoms with E-state index in [4.69, 9.17) is 9.84 Å². The van der Waals surface area contributed by atoms with E-state index in [0.717, 1.165) is 4.57 Å². The standard InChI is InChI=1S/C8H12N2O2.C4H4N2O2.C4H9S2.Sm/c1-8(2,3)12-7(11)10-5-4-9-6-10;7-4(8)6-2-1-5-3-6;1-3-4-6-5-2;/h4-6H,1-3H3;1-3H,(H,7,8);2-4H2,1H3;/q;;-1;. The van der Waals surface area contributed by atoms with Gasteiger partial charge in [-0.2, -0.15) is 0 Å². The Balaban J connectivity index is 0. The number of hydrogen-bond acceptors (Lipinski definition) is 7. The van der Waals surface area contributed by atoms with Crippen molar-refractivity contribution in [3.63, 3.8) is 0 Å². The molecule has 2 aromatic rings. The first kappa shape index (κ1) is 28.6. The van der Waals surface area contributed by atoms with E-state index in [1.54, 1.807) is 17.0 Å². The normalized spacial score (nSPS) is 9.67. The average Bonchev–Trinajstić information content (AvgIpc) is 3.25.